The van der Waals surface area contributed by atoms with Crippen LogP contribution in [0.25, 0.3) is 11.3 Å². The first-order valence-electron chi connectivity index (χ1n) is 8.95. The monoisotopic (exact) mass is 453 g/mol. The summed E-state index contributed by atoms with van der Waals surface area (Å²) in [6.07, 6.45) is 1.31. The Labute approximate surface area is 178 Å². The molecule has 6 N–H and O–H groups in total. The van der Waals surface area contributed by atoms with Gasteiger partial charge in [0.15, 0.2) is 11.5 Å². The van der Waals surface area contributed by atoms with E-state index in [2.05, 4.69) is 14.7 Å². The number of halogens is 3. The number of pyridine rings is 1. The summed E-state index contributed by atoms with van der Waals surface area (Å²) in [6, 6.07) is 3.77. The van der Waals surface area contributed by atoms with E-state index in [4.69, 9.17) is 16.2 Å². The minimum Gasteiger partial charge on any atom is -0.481 e. The van der Waals surface area contributed by atoms with Crippen molar-refractivity contribution >= 4 is 28.8 Å². The first-order valence-corrected chi connectivity index (χ1v) is 9.73. The van der Waals surface area contributed by atoms with Crippen LogP contribution in [0, 0.1) is 23.4 Å². The van der Waals surface area contributed by atoms with E-state index in [0.29, 0.717) is 0 Å². The Kier molecular flexibility index (Phi) is 7.05. The van der Waals surface area contributed by atoms with Crippen LogP contribution < -0.4 is 21.5 Å². The number of carbonyl (C=O) groups excluding carboxylic acids is 1. The number of hydrogen-bond donors (Lipinski definition) is 4. The molecule has 0 saturated heterocycles. The van der Waals surface area contributed by atoms with Crippen LogP contribution in [0.5, 0.6) is 5.06 Å². The molecule has 0 aliphatic rings. The molecule has 1 amide bonds. The number of ether oxygens (including phenoxy) is 1. The second-order valence-electron chi connectivity index (χ2n) is 6.43. The summed E-state index contributed by atoms with van der Waals surface area (Å²) in [5.41, 5.74) is 9.21. The molecule has 3 rings (SSSR count). The van der Waals surface area contributed by atoms with E-state index in [9.17, 15) is 23.1 Å². The molecule has 12 heteroatoms. The molecule has 31 heavy (non-hydrogen) atoms. The van der Waals surface area contributed by atoms with Gasteiger partial charge in [-0.25, -0.2) is 18.2 Å². The number of anilines is 2. The van der Waals surface area contributed by atoms with E-state index in [-0.39, 0.29) is 42.1 Å². The summed E-state index contributed by atoms with van der Waals surface area (Å²) in [5, 5.41) is 11.9. The van der Waals surface area contributed by atoms with E-state index in [0.717, 1.165) is 35.8 Å². The molecule has 0 bridgehead atoms. The number of amides is 1. The summed E-state index contributed by atoms with van der Waals surface area (Å²) >= 11 is 0.940. The fourth-order valence-electron chi connectivity index (χ4n) is 2.57. The van der Waals surface area contributed by atoms with E-state index in [1.165, 1.54) is 6.20 Å². The molecule has 0 aliphatic carbocycles. The fourth-order valence-corrected chi connectivity index (χ4v) is 3.15. The van der Waals surface area contributed by atoms with Crippen LogP contribution in [-0.4, -0.2) is 40.1 Å². The largest absolute Gasteiger partial charge is 0.481 e. The predicted molar refractivity (Wildman–Crippen MR) is 109 cm³/mol. The van der Waals surface area contributed by atoms with Crippen molar-refractivity contribution in [3.63, 3.8) is 0 Å². The smallest absolute Gasteiger partial charge is 0.276 e. The lowest BCUT2D eigenvalue weighted by Gasteiger charge is -2.13. The van der Waals surface area contributed by atoms with Gasteiger partial charge in [-0.15, -0.1) is 0 Å². The van der Waals surface area contributed by atoms with Crippen LogP contribution in [0.4, 0.5) is 24.5 Å². The highest BCUT2D eigenvalue weighted by Crippen LogP contribution is 2.32. The molecule has 0 spiro atoms. The molecule has 1 aromatic carbocycles. The SMILES string of the molecule is NCC(CO)COc1sncc1NC(=O)c1nc(-c2c(F)cccc2F)c(F)cc1N. The summed E-state index contributed by atoms with van der Waals surface area (Å²) in [6.45, 7) is 0.108. The predicted octanol–water partition coefficient (Wildman–Crippen LogP) is 2.40. The summed E-state index contributed by atoms with van der Waals surface area (Å²) in [5.74, 6) is -4.34. The number of nitrogens with zero attached hydrogens (tertiary/aromatic N) is 2. The van der Waals surface area contributed by atoms with Gasteiger partial charge in [-0.3, -0.25) is 4.79 Å². The second-order valence-corrected chi connectivity index (χ2v) is 7.19. The number of nitrogens with one attached hydrogen (secondary N) is 1. The Hall–Kier alpha value is -3.22. The third kappa shape index (κ3) is 4.93. The highest BCUT2D eigenvalue weighted by Gasteiger charge is 2.23. The van der Waals surface area contributed by atoms with Crippen molar-refractivity contribution in [3.8, 4) is 16.3 Å². The Morgan fingerprint density at radius 1 is 1.26 bits per heavy atom. The van der Waals surface area contributed by atoms with Gasteiger partial charge < -0.3 is 26.6 Å². The Balaban J connectivity index is 1.88. The van der Waals surface area contributed by atoms with Gasteiger partial charge in [0.05, 0.1) is 30.7 Å². The van der Waals surface area contributed by atoms with Crippen LogP contribution >= 0.6 is 11.5 Å². The minimum absolute atomic E-state index is 0.0890. The normalized spacial score (nSPS) is 11.9. The number of rotatable bonds is 8. The molecule has 0 aliphatic heterocycles. The lowest BCUT2D eigenvalue weighted by atomic mass is 10.1. The topological polar surface area (TPSA) is 136 Å². The molecule has 8 nitrogen and oxygen atoms in total. The highest BCUT2D eigenvalue weighted by atomic mass is 32.1. The Morgan fingerprint density at radius 3 is 2.61 bits per heavy atom. The molecule has 0 fully saturated rings. The van der Waals surface area contributed by atoms with Crippen molar-refractivity contribution in [1.29, 1.82) is 0 Å². The quantitative estimate of drug-likeness (QED) is 0.411. The third-order valence-corrected chi connectivity index (χ3v) is 4.96. The summed E-state index contributed by atoms with van der Waals surface area (Å²) in [4.78, 5) is 16.5. The lowest BCUT2D eigenvalue weighted by molar-refractivity contribution is 0.102. The van der Waals surface area contributed by atoms with Crippen LogP contribution in [0.2, 0.25) is 0 Å². The first-order chi connectivity index (χ1) is 14.8. The molecule has 0 radical (unpaired) electrons. The van der Waals surface area contributed by atoms with Gasteiger partial charge in [0, 0.05) is 30.1 Å². The number of benzene rings is 1. The Bertz CT molecular complexity index is 1070. The number of aliphatic hydroxyl groups is 1. The first kappa shape index (κ1) is 22.5. The zero-order chi connectivity index (χ0) is 22.5. The standard InChI is InChI=1S/C19H18F3N5O3S/c20-10-2-1-3-11(21)15(10)16-12(22)4-13(24)17(27-16)18(29)26-14-6-25-31-19(14)30-8-9(5-23)7-28/h1-4,6,9,28H,5,7-8,23-24H2,(H,26,29). The molecular formula is C19H18F3N5O3S. The molecule has 1 unspecified atom stereocenters. The van der Waals surface area contributed by atoms with E-state index in [1.807, 2.05) is 0 Å². The molecule has 2 aromatic heterocycles. The third-order valence-electron chi connectivity index (χ3n) is 4.25. The maximum absolute atomic E-state index is 14.4. The average Bonchev–Trinajstić information content (AvgIpc) is 3.16. The molecular weight excluding hydrogens is 435 g/mol. The van der Waals surface area contributed by atoms with Gasteiger partial charge in [-0.1, -0.05) is 6.07 Å². The molecule has 2 heterocycles. The fraction of sp³-hybridized carbons (Fsp3) is 0.211. The lowest BCUT2D eigenvalue weighted by Crippen LogP contribution is -2.24. The van der Waals surface area contributed by atoms with Crippen molar-refractivity contribution in [2.75, 3.05) is 30.8 Å². The summed E-state index contributed by atoms with van der Waals surface area (Å²) in [7, 11) is 0. The van der Waals surface area contributed by atoms with Gasteiger partial charge in [-0.2, -0.15) is 4.37 Å². The number of nitrogen functional groups attached to an aromatic ring is 1. The van der Waals surface area contributed by atoms with Gasteiger partial charge in [0.1, 0.15) is 23.0 Å². The van der Waals surface area contributed by atoms with Gasteiger partial charge in [0.25, 0.3) is 5.91 Å². The second kappa shape index (κ2) is 9.73. The number of hydrogen-bond acceptors (Lipinski definition) is 8. The van der Waals surface area contributed by atoms with Gasteiger partial charge >= 0.3 is 0 Å². The molecule has 1 atom stereocenters. The van der Waals surface area contributed by atoms with Crippen molar-refractivity contribution in [3.05, 3.63) is 53.6 Å². The summed E-state index contributed by atoms with van der Waals surface area (Å²) < 4.78 is 52.0. The van der Waals surface area contributed by atoms with E-state index >= 15 is 0 Å². The van der Waals surface area contributed by atoms with Crippen LogP contribution in [-0.2, 0) is 0 Å². The van der Waals surface area contributed by atoms with Crippen LogP contribution in [0.3, 0.4) is 0 Å². The van der Waals surface area contributed by atoms with Crippen LogP contribution in [0.15, 0.2) is 30.5 Å². The Morgan fingerprint density at radius 2 is 1.97 bits per heavy atom. The number of carbonyl (C=O) groups is 1. The van der Waals surface area contributed by atoms with E-state index in [1.54, 1.807) is 0 Å². The molecule has 3 aromatic rings. The van der Waals surface area contributed by atoms with Crippen molar-refractivity contribution in [2.45, 2.75) is 0 Å². The van der Waals surface area contributed by atoms with Crippen molar-refractivity contribution < 1.29 is 27.8 Å². The zero-order valence-corrected chi connectivity index (χ0v) is 16.8. The van der Waals surface area contributed by atoms with E-state index < -0.39 is 40.3 Å². The minimum atomic E-state index is -1.09. The highest BCUT2D eigenvalue weighted by molar-refractivity contribution is 7.08. The maximum Gasteiger partial charge on any atom is 0.276 e. The zero-order valence-electron chi connectivity index (χ0n) is 15.9. The number of aromatic nitrogens is 2. The average molecular weight is 453 g/mol. The molecule has 164 valence electrons. The van der Waals surface area contributed by atoms with Gasteiger partial charge in [-0.05, 0) is 12.1 Å². The maximum atomic E-state index is 14.4. The number of nitrogens with two attached hydrogens (primary N) is 2. The van der Waals surface area contributed by atoms with Gasteiger partial charge in [0.2, 0.25) is 5.06 Å². The van der Waals surface area contributed by atoms with Crippen LogP contribution in [0.1, 0.15) is 10.5 Å². The van der Waals surface area contributed by atoms with Crippen molar-refractivity contribution in [1.82, 2.24) is 9.36 Å². The number of aliphatic hydroxyl groups excluding tert-OH is 1. The molecule has 0 saturated carbocycles. The van der Waals surface area contributed by atoms with Crippen molar-refractivity contribution in [2.24, 2.45) is 11.7 Å².